The zero-order valence-corrected chi connectivity index (χ0v) is 17.6. The number of aromatic nitrogens is 2. The Hall–Kier alpha value is -2.48. The first kappa shape index (κ1) is 21.2. The van der Waals surface area contributed by atoms with Crippen LogP contribution in [0.25, 0.3) is 11.1 Å². The molecule has 1 amide bonds. The summed E-state index contributed by atoms with van der Waals surface area (Å²) < 4.78 is 5.01. The monoisotopic (exact) mass is 430 g/mol. The molecule has 0 radical (unpaired) electrons. The summed E-state index contributed by atoms with van der Waals surface area (Å²) in [5.41, 5.74) is 4.24. The molecule has 0 saturated carbocycles. The molecule has 0 spiro atoms. The molecule has 3 rings (SSSR count). The van der Waals surface area contributed by atoms with Gasteiger partial charge in [-0.3, -0.25) is 9.48 Å². The second-order valence-corrected chi connectivity index (χ2v) is 7.85. The highest BCUT2D eigenvalue weighted by Crippen LogP contribution is 2.29. The van der Waals surface area contributed by atoms with E-state index in [2.05, 4.69) is 15.1 Å². The number of aliphatic hydroxyl groups excluding tert-OH is 1. The Morgan fingerprint density at radius 2 is 2.00 bits per heavy atom. The molecular weight excluding hydrogens is 408 g/mol. The first-order valence-corrected chi connectivity index (χ1v) is 10.6. The van der Waals surface area contributed by atoms with Crippen molar-refractivity contribution in [2.75, 3.05) is 22.4 Å². The van der Waals surface area contributed by atoms with Crippen LogP contribution in [-0.4, -0.2) is 33.2 Å². The van der Waals surface area contributed by atoms with Crippen molar-refractivity contribution in [2.45, 2.75) is 12.8 Å². The summed E-state index contributed by atoms with van der Waals surface area (Å²) in [5.74, 6) is 0.641. The number of carbonyl (C=O) groups excluding carboxylic acids is 1. The van der Waals surface area contributed by atoms with Gasteiger partial charge in [-0.15, -0.1) is 0 Å². The summed E-state index contributed by atoms with van der Waals surface area (Å²) in [7, 11) is 1.86. The van der Waals surface area contributed by atoms with Crippen molar-refractivity contribution in [3.05, 3.63) is 65.4 Å². The molecule has 1 heterocycles. The molecule has 0 aliphatic carbocycles. The SMILES string of the molecule is Cn1cc(-c2cc(NSCCCO)cc(NC(=O)Cc3ccccc3Cl)c2)cn1. The Labute approximate surface area is 179 Å². The van der Waals surface area contributed by atoms with E-state index in [1.807, 2.05) is 49.6 Å². The van der Waals surface area contributed by atoms with E-state index in [-0.39, 0.29) is 18.9 Å². The normalized spacial score (nSPS) is 10.7. The molecular formula is C21H23ClN4O2S. The zero-order chi connectivity index (χ0) is 20.6. The van der Waals surface area contributed by atoms with Crippen molar-refractivity contribution >= 4 is 40.8 Å². The van der Waals surface area contributed by atoms with Gasteiger partial charge in [-0.25, -0.2) is 0 Å². The van der Waals surface area contributed by atoms with E-state index >= 15 is 0 Å². The van der Waals surface area contributed by atoms with Gasteiger partial charge in [0.05, 0.1) is 12.6 Å². The second-order valence-electron chi connectivity index (χ2n) is 6.55. The minimum Gasteiger partial charge on any atom is -0.396 e. The van der Waals surface area contributed by atoms with Gasteiger partial charge in [0, 0.05) is 47.6 Å². The number of carbonyl (C=O) groups is 1. The van der Waals surface area contributed by atoms with Crippen LogP contribution >= 0.6 is 23.5 Å². The van der Waals surface area contributed by atoms with Crippen molar-refractivity contribution in [3.63, 3.8) is 0 Å². The van der Waals surface area contributed by atoms with Crippen LogP contribution < -0.4 is 10.0 Å². The third kappa shape index (κ3) is 6.25. The lowest BCUT2D eigenvalue weighted by molar-refractivity contribution is -0.115. The molecule has 0 bridgehead atoms. The van der Waals surface area contributed by atoms with Crippen molar-refractivity contribution in [3.8, 4) is 11.1 Å². The molecule has 0 aliphatic rings. The Balaban J connectivity index is 1.78. The Morgan fingerprint density at radius 3 is 2.72 bits per heavy atom. The van der Waals surface area contributed by atoms with Gasteiger partial charge < -0.3 is 15.1 Å². The number of aliphatic hydroxyl groups is 1. The number of benzene rings is 2. The van der Waals surface area contributed by atoms with E-state index in [9.17, 15) is 4.79 Å². The molecule has 8 heteroatoms. The number of halogens is 1. The van der Waals surface area contributed by atoms with E-state index < -0.39 is 0 Å². The smallest absolute Gasteiger partial charge is 0.228 e. The number of nitrogens with one attached hydrogen (secondary N) is 2. The molecule has 6 nitrogen and oxygen atoms in total. The van der Waals surface area contributed by atoms with E-state index in [1.54, 1.807) is 16.9 Å². The summed E-state index contributed by atoms with van der Waals surface area (Å²) >= 11 is 7.68. The first-order chi connectivity index (χ1) is 14.0. The lowest BCUT2D eigenvalue weighted by atomic mass is 10.1. The maximum Gasteiger partial charge on any atom is 0.228 e. The van der Waals surface area contributed by atoms with Crippen LogP contribution in [0.2, 0.25) is 5.02 Å². The molecule has 2 aromatic carbocycles. The van der Waals surface area contributed by atoms with Crippen molar-refractivity contribution < 1.29 is 9.90 Å². The standard InChI is InChI=1S/C21H23ClN4O2S/c1-26-14-17(13-23-26)16-9-18(12-19(10-16)25-29-8-4-7-27)24-21(28)11-15-5-2-3-6-20(15)22/h2-3,5-6,9-10,12-14,25,27H,4,7-8,11H2,1H3,(H,24,28). The van der Waals surface area contributed by atoms with Gasteiger partial charge >= 0.3 is 0 Å². The van der Waals surface area contributed by atoms with E-state index in [0.29, 0.717) is 17.1 Å². The van der Waals surface area contributed by atoms with Crippen molar-refractivity contribution in [1.29, 1.82) is 0 Å². The largest absolute Gasteiger partial charge is 0.396 e. The van der Waals surface area contributed by atoms with Gasteiger partial charge in [0.15, 0.2) is 0 Å². The van der Waals surface area contributed by atoms with E-state index in [0.717, 1.165) is 28.1 Å². The van der Waals surface area contributed by atoms with Gasteiger partial charge in [0.1, 0.15) is 0 Å². The van der Waals surface area contributed by atoms with Crippen LogP contribution in [0.1, 0.15) is 12.0 Å². The fourth-order valence-corrected chi connectivity index (χ4v) is 3.65. The molecule has 1 aromatic heterocycles. The number of anilines is 2. The fraction of sp³-hybridized carbons (Fsp3) is 0.238. The van der Waals surface area contributed by atoms with Gasteiger partial charge in [0.2, 0.25) is 5.91 Å². The molecule has 152 valence electrons. The summed E-state index contributed by atoms with van der Waals surface area (Å²) in [5, 5.41) is 16.7. The molecule has 0 saturated heterocycles. The summed E-state index contributed by atoms with van der Waals surface area (Å²) in [6.45, 7) is 0.160. The number of hydrogen-bond donors (Lipinski definition) is 3. The van der Waals surface area contributed by atoms with Gasteiger partial charge in [-0.1, -0.05) is 41.7 Å². The lowest BCUT2D eigenvalue weighted by Gasteiger charge is -2.12. The van der Waals surface area contributed by atoms with Crippen LogP contribution in [0.3, 0.4) is 0 Å². The predicted octanol–water partition coefficient (Wildman–Crippen LogP) is 4.36. The summed E-state index contributed by atoms with van der Waals surface area (Å²) in [4.78, 5) is 12.6. The maximum absolute atomic E-state index is 12.6. The third-order valence-corrected chi connectivity index (χ3v) is 5.40. The predicted molar refractivity (Wildman–Crippen MR) is 120 cm³/mol. The number of amides is 1. The third-order valence-electron chi connectivity index (χ3n) is 4.16. The molecule has 3 N–H and O–H groups in total. The van der Waals surface area contributed by atoms with Gasteiger partial charge in [-0.2, -0.15) is 5.10 Å². The average Bonchev–Trinajstić information content (AvgIpc) is 3.13. The Bertz CT molecular complexity index is 977. The van der Waals surface area contributed by atoms with Crippen molar-refractivity contribution in [1.82, 2.24) is 9.78 Å². The minimum absolute atomic E-state index is 0.139. The van der Waals surface area contributed by atoms with Gasteiger partial charge in [0.25, 0.3) is 0 Å². The molecule has 0 aliphatic heterocycles. The lowest BCUT2D eigenvalue weighted by Crippen LogP contribution is -2.14. The van der Waals surface area contributed by atoms with Crippen LogP contribution in [0.15, 0.2) is 54.9 Å². The topological polar surface area (TPSA) is 79.2 Å². The molecule has 0 fully saturated rings. The van der Waals surface area contributed by atoms with E-state index in [1.165, 1.54) is 11.9 Å². The highest BCUT2D eigenvalue weighted by atomic mass is 35.5. The minimum atomic E-state index is -0.139. The highest BCUT2D eigenvalue weighted by Gasteiger charge is 2.10. The molecule has 3 aromatic rings. The maximum atomic E-state index is 12.6. The number of nitrogens with zero attached hydrogens (tertiary/aromatic N) is 2. The van der Waals surface area contributed by atoms with Crippen molar-refractivity contribution in [2.24, 2.45) is 7.05 Å². The van der Waals surface area contributed by atoms with Crippen LogP contribution in [0.4, 0.5) is 11.4 Å². The Morgan fingerprint density at radius 1 is 1.21 bits per heavy atom. The van der Waals surface area contributed by atoms with Crippen LogP contribution in [-0.2, 0) is 18.3 Å². The zero-order valence-electron chi connectivity index (χ0n) is 16.1. The Kier molecular flexibility index (Phi) is 7.57. The highest BCUT2D eigenvalue weighted by molar-refractivity contribution is 8.00. The van der Waals surface area contributed by atoms with Gasteiger partial charge in [-0.05, 0) is 41.8 Å². The summed E-state index contributed by atoms with van der Waals surface area (Å²) in [6, 6.07) is 13.1. The fourth-order valence-electron chi connectivity index (χ4n) is 2.79. The van der Waals surface area contributed by atoms with Crippen LogP contribution in [0.5, 0.6) is 0 Å². The van der Waals surface area contributed by atoms with E-state index in [4.69, 9.17) is 16.7 Å². The average molecular weight is 431 g/mol. The first-order valence-electron chi connectivity index (χ1n) is 9.21. The number of aryl methyl sites for hydroxylation is 1. The quantitative estimate of drug-likeness (QED) is 0.347. The number of rotatable bonds is 9. The molecule has 29 heavy (non-hydrogen) atoms. The molecule has 0 atom stereocenters. The molecule has 0 unspecified atom stereocenters. The van der Waals surface area contributed by atoms with Crippen LogP contribution in [0, 0.1) is 0 Å². The second kappa shape index (κ2) is 10.3. The summed E-state index contributed by atoms with van der Waals surface area (Å²) in [6.07, 6.45) is 4.62. The number of hydrogen-bond acceptors (Lipinski definition) is 5.